The lowest BCUT2D eigenvalue weighted by molar-refractivity contribution is -0.139. The highest BCUT2D eigenvalue weighted by Gasteiger charge is 2.28. The second-order valence-electron chi connectivity index (χ2n) is 2.36. The first-order valence-corrected chi connectivity index (χ1v) is 3.10. The molecule has 1 aliphatic rings. The van der Waals surface area contributed by atoms with Gasteiger partial charge in [-0.05, 0) is 6.42 Å². The quantitative estimate of drug-likeness (QED) is 0.518. The molecule has 1 heterocycles. The molecule has 1 aliphatic heterocycles. The Hall–Kier alpha value is -1.08. The lowest BCUT2D eigenvalue weighted by atomic mass is 10.1. The number of nitrogens with zero attached hydrogens (tertiary/aromatic N) is 1. The minimum absolute atomic E-state index is 0.124. The Morgan fingerprint density at radius 3 is 2.80 bits per heavy atom. The normalized spacial score (nSPS) is 31.5. The Labute approximate surface area is 58.5 Å². The molecule has 0 saturated carbocycles. The fourth-order valence-electron chi connectivity index (χ4n) is 1.02. The van der Waals surface area contributed by atoms with Crippen LogP contribution < -0.4 is 5.32 Å². The van der Waals surface area contributed by atoms with Crippen LogP contribution in [-0.4, -0.2) is 23.7 Å². The minimum atomic E-state index is -0.863. The van der Waals surface area contributed by atoms with Crippen molar-refractivity contribution >= 4 is 5.97 Å². The van der Waals surface area contributed by atoms with Crippen molar-refractivity contribution in [3.05, 3.63) is 0 Å². The highest BCUT2D eigenvalue weighted by molar-refractivity contribution is 5.73. The van der Waals surface area contributed by atoms with Crippen LogP contribution in [0.25, 0.3) is 0 Å². The van der Waals surface area contributed by atoms with Gasteiger partial charge in [-0.25, -0.2) is 0 Å². The molecule has 1 saturated heterocycles. The van der Waals surface area contributed by atoms with Gasteiger partial charge in [0.25, 0.3) is 0 Å². The largest absolute Gasteiger partial charge is 0.480 e. The molecule has 0 aromatic carbocycles. The van der Waals surface area contributed by atoms with Gasteiger partial charge in [0.2, 0.25) is 0 Å². The van der Waals surface area contributed by atoms with Crippen molar-refractivity contribution in [1.29, 1.82) is 5.26 Å². The molecule has 2 atom stereocenters. The predicted octanol–water partition coefficient (Wildman–Crippen LogP) is -0.427. The van der Waals surface area contributed by atoms with E-state index in [4.69, 9.17) is 10.4 Å². The molecule has 0 radical (unpaired) electrons. The SMILES string of the molecule is N#C[C@H]1CNC(C(=O)O)C1. The fourth-order valence-corrected chi connectivity index (χ4v) is 1.02. The van der Waals surface area contributed by atoms with Gasteiger partial charge in [0.05, 0.1) is 12.0 Å². The average Bonchev–Trinajstić information content (AvgIpc) is 2.34. The van der Waals surface area contributed by atoms with E-state index in [1.165, 1.54) is 0 Å². The predicted molar refractivity (Wildman–Crippen MR) is 33.1 cm³/mol. The number of carboxylic acids is 1. The Kier molecular flexibility index (Phi) is 1.88. The third-order valence-electron chi connectivity index (χ3n) is 1.61. The van der Waals surface area contributed by atoms with Crippen LogP contribution >= 0.6 is 0 Å². The molecule has 0 amide bonds. The summed E-state index contributed by atoms with van der Waals surface area (Å²) in [6.45, 7) is 0.507. The third kappa shape index (κ3) is 1.25. The number of nitrogens with one attached hydrogen (secondary N) is 1. The summed E-state index contributed by atoms with van der Waals surface area (Å²) in [6, 6.07) is 1.51. The van der Waals surface area contributed by atoms with Crippen molar-refractivity contribution in [1.82, 2.24) is 5.32 Å². The van der Waals surface area contributed by atoms with Crippen LogP contribution in [0.2, 0.25) is 0 Å². The van der Waals surface area contributed by atoms with Gasteiger partial charge in [-0.1, -0.05) is 0 Å². The number of hydrogen-bond donors (Lipinski definition) is 2. The maximum Gasteiger partial charge on any atom is 0.320 e. The summed E-state index contributed by atoms with van der Waals surface area (Å²) in [7, 11) is 0. The highest BCUT2D eigenvalue weighted by atomic mass is 16.4. The molecule has 0 aromatic rings. The maximum absolute atomic E-state index is 10.3. The van der Waals surface area contributed by atoms with Gasteiger partial charge >= 0.3 is 5.97 Å². The van der Waals surface area contributed by atoms with Crippen LogP contribution in [0.15, 0.2) is 0 Å². The summed E-state index contributed by atoms with van der Waals surface area (Å²) < 4.78 is 0. The lowest BCUT2D eigenvalue weighted by Crippen LogP contribution is -2.29. The minimum Gasteiger partial charge on any atom is -0.480 e. The summed E-state index contributed by atoms with van der Waals surface area (Å²) >= 11 is 0. The van der Waals surface area contributed by atoms with E-state index in [0.29, 0.717) is 13.0 Å². The molecule has 0 aromatic heterocycles. The Bertz CT molecular complexity index is 185. The standard InChI is InChI=1S/C6H8N2O2/c7-2-4-1-5(6(9)10)8-3-4/h4-5,8H,1,3H2,(H,9,10)/t4-,5?/m0/s1. The van der Waals surface area contributed by atoms with Crippen molar-refractivity contribution in [2.45, 2.75) is 12.5 Å². The molecule has 10 heavy (non-hydrogen) atoms. The summed E-state index contributed by atoms with van der Waals surface area (Å²) in [4.78, 5) is 10.3. The molecule has 1 fully saturated rings. The fraction of sp³-hybridized carbons (Fsp3) is 0.667. The zero-order chi connectivity index (χ0) is 7.56. The molecule has 1 unspecified atom stereocenters. The number of rotatable bonds is 1. The van der Waals surface area contributed by atoms with Gasteiger partial charge in [-0.15, -0.1) is 0 Å². The van der Waals surface area contributed by atoms with Gasteiger partial charge in [0.1, 0.15) is 6.04 Å². The first-order chi connectivity index (χ1) is 4.74. The van der Waals surface area contributed by atoms with Crippen molar-refractivity contribution < 1.29 is 9.90 Å². The van der Waals surface area contributed by atoms with Crippen LogP contribution in [0.1, 0.15) is 6.42 Å². The second-order valence-corrected chi connectivity index (χ2v) is 2.36. The molecule has 0 spiro atoms. The van der Waals surface area contributed by atoms with Crippen LogP contribution in [0.4, 0.5) is 0 Å². The molecule has 2 N–H and O–H groups in total. The van der Waals surface area contributed by atoms with Crippen LogP contribution in [0.5, 0.6) is 0 Å². The van der Waals surface area contributed by atoms with Gasteiger partial charge in [-0.3, -0.25) is 4.79 Å². The molecule has 0 bridgehead atoms. The summed E-state index contributed by atoms with van der Waals surface area (Å²) in [5.74, 6) is -0.987. The van der Waals surface area contributed by atoms with Gasteiger partial charge in [-0.2, -0.15) is 5.26 Å². The zero-order valence-corrected chi connectivity index (χ0v) is 5.37. The topological polar surface area (TPSA) is 73.1 Å². The van der Waals surface area contributed by atoms with Gasteiger partial charge < -0.3 is 10.4 Å². The van der Waals surface area contributed by atoms with E-state index in [9.17, 15) is 4.79 Å². The van der Waals surface area contributed by atoms with Crippen molar-refractivity contribution in [3.8, 4) is 6.07 Å². The van der Waals surface area contributed by atoms with E-state index in [2.05, 4.69) is 5.32 Å². The molecule has 4 nitrogen and oxygen atoms in total. The van der Waals surface area contributed by atoms with E-state index in [0.717, 1.165) is 0 Å². The Balaban J connectivity index is 2.45. The van der Waals surface area contributed by atoms with Crippen LogP contribution in [0.3, 0.4) is 0 Å². The zero-order valence-electron chi connectivity index (χ0n) is 5.37. The number of carboxylic acid groups (broad SMARTS) is 1. The van der Waals surface area contributed by atoms with E-state index in [1.54, 1.807) is 0 Å². The maximum atomic E-state index is 10.3. The molecular formula is C6H8N2O2. The average molecular weight is 140 g/mol. The van der Waals surface area contributed by atoms with E-state index < -0.39 is 12.0 Å². The van der Waals surface area contributed by atoms with E-state index >= 15 is 0 Å². The summed E-state index contributed by atoms with van der Waals surface area (Å²) in [5, 5.41) is 19.6. The number of carbonyl (C=O) groups is 1. The summed E-state index contributed by atoms with van der Waals surface area (Å²) in [5.41, 5.74) is 0. The lowest BCUT2D eigenvalue weighted by Gasteiger charge is -1.99. The van der Waals surface area contributed by atoms with Crippen LogP contribution in [0, 0.1) is 17.2 Å². The Morgan fingerprint density at radius 1 is 1.80 bits per heavy atom. The monoisotopic (exact) mass is 140 g/mol. The molecule has 1 rings (SSSR count). The Morgan fingerprint density at radius 2 is 2.50 bits per heavy atom. The first kappa shape index (κ1) is 7.03. The summed E-state index contributed by atoms with van der Waals surface area (Å²) in [6.07, 6.45) is 0.436. The molecule has 0 aliphatic carbocycles. The second kappa shape index (κ2) is 2.67. The molecular weight excluding hydrogens is 132 g/mol. The number of nitriles is 1. The highest BCUT2D eigenvalue weighted by Crippen LogP contribution is 2.12. The first-order valence-electron chi connectivity index (χ1n) is 3.10. The van der Waals surface area contributed by atoms with Crippen molar-refractivity contribution in [2.75, 3.05) is 6.54 Å². The van der Waals surface area contributed by atoms with E-state index in [1.807, 2.05) is 6.07 Å². The van der Waals surface area contributed by atoms with Crippen molar-refractivity contribution in [2.24, 2.45) is 5.92 Å². The van der Waals surface area contributed by atoms with E-state index in [-0.39, 0.29) is 5.92 Å². The van der Waals surface area contributed by atoms with Crippen molar-refractivity contribution in [3.63, 3.8) is 0 Å². The number of hydrogen-bond acceptors (Lipinski definition) is 3. The van der Waals surface area contributed by atoms with Crippen LogP contribution in [-0.2, 0) is 4.79 Å². The number of aliphatic carboxylic acids is 1. The van der Waals surface area contributed by atoms with Gasteiger partial charge in [0, 0.05) is 6.54 Å². The molecule has 4 heteroatoms. The smallest absolute Gasteiger partial charge is 0.320 e. The molecule has 54 valence electrons. The third-order valence-corrected chi connectivity index (χ3v) is 1.61. The van der Waals surface area contributed by atoms with Gasteiger partial charge in [0.15, 0.2) is 0 Å².